The van der Waals surface area contributed by atoms with Crippen molar-refractivity contribution in [2.75, 3.05) is 18.0 Å². The maximum atomic E-state index is 5.30. The Labute approximate surface area is 147 Å². The molecule has 2 aromatic rings. The molecular weight excluding hydrogens is 322 g/mol. The van der Waals surface area contributed by atoms with Gasteiger partial charge in [0.2, 0.25) is 5.95 Å². The lowest BCUT2D eigenvalue weighted by Gasteiger charge is -2.31. The zero-order valence-electron chi connectivity index (χ0n) is 14.6. The summed E-state index contributed by atoms with van der Waals surface area (Å²) in [6, 6.07) is 0. The van der Waals surface area contributed by atoms with Gasteiger partial charge in [0, 0.05) is 25.6 Å². The molecule has 0 spiro atoms. The van der Waals surface area contributed by atoms with Crippen LogP contribution in [0.15, 0.2) is 0 Å². The molecule has 7 nitrogen and oxygen atoms in total. The Balaban J connectivity index is 1.72. The molecule has 1 aliphatic rings. The van der Waals surface area contributed by atoms with Crippen LogP contribution in [0.1, 0.15) is 56.7 Å². The molecule has 3 heterocycles. The van der Waals surface area contributed by atoms with Crippen LogP contribution < -0.4 is 4.90 Å². The van der Waals surface area contributed by atoms with E-state index >= 15 is 0 Å². The smallest absolute Gasteiger partial charge is 0.245 e. The first-order valence-electron chi connectivity index (χ1n) is 8.80. The van der Waals surface area contributed by atoms with E-state index < -0.39 is 0 Å². The van der Waals surface area contributed by atoms with Gasteiger partial charge in [-0.05, 0) is 44.8 Å². The molecule has 1 aliphatic heterocycles. The van der Waals surface area contributed by atoms with E-state index in [0.29, 0.717) is 10.7 Å². The topological polar surface area (TPSA) is 75.5 Å². The minimum Gasteiger partial charge on any atom is -0.339 e. The molecular formula is C16H25N7S. The summed E-state index contributed by atoms with van der Waals surface area (Å²) >= 11 is 5.30. The van der Waals surface area contributed by atoms with E-state index in [2.05, 4.69) is 50.6 Å². The van der Waals surface area contributed by atoms with E-state index in [1.165, 1.54) is 0 Å². The number of nitrogens with zero attached hydrogens (tertiary/aromatic N) is 6. The number of piperidine rings is 1. The van der Waals surface area contributed by atoms with Gasteiger partial charge < -0.3 is 9.47 Å². The quantitative estimate of drug-likeness (QED) is 0.838. The lowest BCUT2D eigenvalue weighted by molar-refractivity contribution is 0.461. The van der Waals surface area contributed by atoms with Crippen molar-refractivity contribution in [3.05, 3.63) is 22.0 Å². The van der Waals surface area contributed by atoms with Gasteiger partial charge in [-0.1, -0.05) is 13.8 Å². The van der Waals surface area contributed by atoms with Crippen molar-refractivity contribution in [1.82, 2.24) is 29.9 Å². The molecule has 0 amide bonds. The number of aromatic amines is 1. The van der Waals surface area contributed by atoms with Crippen LogP contribution in [0.5, 0.6) is 0 Å². The Morgan fingerprint density at radius 1 is 1.08 bits per heavy atom. The van der Waals surface area contributed by atoms with Gasteiger partial charge in [0.1, 0.15) is 5.82 Å². The summed E-state index contributed by atoms with van der Waals surface area (Å²) in [5.74, 6) is 2.27. The van der Waals surface area contributed by atoms with E-state index in [-0.39, 0.29) is 0 Å². The Hall–Kier alpha value is -1.83. The fourth-order valence-corrected chi connectivity index (χ4v) is 3.62. The summed E-state index contributed by atoms with van der Waals surface area (Å²) in [5.41, 5.74) is 2.08. The number of hydrogen-bond donors (Lipinski definition) is 1. The normalized spacial score (nSPS) is 15.9. The number of nitrogens with one attached hydrogen (secondary N) is 1. The van der Waals surface area contributed by atoms with Crippen LogP contribution in [0, 0.1) is 4.77 Å². The Morgan fingerprint density at radius 2 is 1.79 bits per heavy atom. The molecule has 1 N–H and O–H groups in total. The predicted molar refractivity (Wildman–Crippen MR) is 95.9 cm³/mol. The minimum absolute atomic E-state index is 0.433. The first-order chi connectivity index (χ1) is 11.7. The number of aromatic nitrogens is 6. The third-order valence-electron chi connectivity index (χ3n) is 4.74. The summed E-state index contributed by atoms with van der Waals surface area (Å²) in [5, 5.41) is 16.1. The Morgan fingerprint density at radius 3 is 2.42 bits per heavy atom. The van der Waals surface area contributed by atoms with Gasteiger partial charge in [-0.3, -0.25) is 5.10 Å². The number of aryl methyl sites for hydroxylation is 2. The monoisotopic (exact) mass is 347 g/mol. The van der Waals surface area contributed by atoms with Crippen molar-refractivity contribution < 1.29 is 0 Å². The third-order valence-corrected chi connectivity index (χ3v) is 5.06. The number of rotatable bonds is 5. The molecule has 2 aromatic heterocycles. The molecule has 24 heavy (non-hydrogen) atoms. The van der Waals surface area contributed by atoms with Gasteiger partial charge in [-0.25, -0.2) is 4.98 Å². The molecule has 130 valence electrons. The third kappa shape index (κ3) is 3.19. The van der Waals surface area contributed by atoms with Crippen LogP contribution >= 0.6 is 12.2 Å². The summed E-state index contributed by atoms with van der Waals surface area (Å²) in [6.07, 6.45) is 3.83. The van der Waals surface area contributed by atoms with E-state index in [1.54, 1.807) is 0 Å². The van der Waals surface area contributed by atoms with Crippen molar-refractivity contribution in [3.63, 3.8) is 0 Å². The molecule has 0 aromatic carbocycles. The van der Waals surface area contributed by atoms with Crippen LogP contribution in [-0.4, -0.2) is 43.0 Å². The lowest BCUT2D eigenvalue weighted by Crippen LogP contribution is -2.35. The standard InChI is InChI=1S/C16H25N7S/c1-4-12-13(5-2)18-20-15(17-12)22-9-7-11(8-10-22)14-19-21-16(24)23(14)6-3/h11H,4-10H2,1-3H3,(H,21,24). The Bertz CT molecular complexity index is 743. The second kappa shape index (κ2) is 7.38. The van der Waals surface area contributed by atoms with Crippen LogP contribution in [-0.2, 0) is 19.4 Å². The molecule has 3 rings (SSSR count). The predicted octanol–water partition coefficient (Wildman–Crippen LogP) is 2.65. The molecule has 0 unspecified atom stereocenters. The van der Waals surface area contributed by atoms with Crippen LogP contribution in [0.25, 0.3) is 0 Å². The number of anilines is 1. The van der Waals surface area contributed by atoms with Crippen molar-refractivity contribution in [1.29, 1.82) is 0 Å². The maximum absolute atomic E-state index is 5.30. The van der Waals surface area contributed by atoms with E-state index in [9.17, 15) is 0 Å². The van der Waals surface area contributed by atoms with Crippen LogP contribution in [0.2, 0.25) is 0 Å². The number of hydrogen-bond acceptors (Lipinski definition) is 6. The first-order valence-corrected chi connectivity index (χ1v) is 9.21. The van der Waals surface area contributed by atoms with Crippen molar-refractivity contribution >= 4 is 18.2 Å². The van der Waals surface area contributed by atoms with Crippen LogP contribution in [0.4, 0.5) is 5.95 Å². The van der Waals surface area contributed by atoms with Gasteiger partial charge in [0.05, 0.1) is 11.4 Å². The van der Waals surface area contributed by atoms with Gasteiger partial charge in [0.15, 0.2) is 4.77 Å². The first kappa shape index (κ1) is 17.0. The van der Waals surface area contributed by atoms with Gasteiger partial charge in [-0.2, -0.15) is 10.2 Å². The molecule has 0 bridgehead atoms. The summed E-state index contributed by atoms with van der Waals surface area (Å²) in [4.78, 5) is 6.97. The highest BCUT2D eigenvalue weighted by atomic mass is 32.1. The largest absolute Gasteiger partial charge is 0.339 e. The molecule has 1 fully saturated rings. The Kier molecular flexibility index (Phi) is 5.23. The van der Waals surface area contributed by atoms with E-state index in [1.807, 2.05) is 0 Å². The highest BCUT2D eigenvalue weighted by Crippen LogP contribution is 2.28. The highest BCUT2D eigenvalue weighted by Gasteiger charge is 2.26. The van der Waals surface area contributed by atoms with Crippen molar-refractivity contribution in [2.24, 2.45) is 0 Å². The second-order valence-electron chi connectivity index (χ2n) is 6.10. The van der Waals surface area contributed by atoms with Crippen molar-refractivity contribution in [2.45, 2.75) is 58.9 Å². The van der Waals surface area contributed by atoms with E-state index in [0.717, 1.165) is 68.5 Å². The average Bonchev–Trinajstić information content (AvgIpc) is 3.01. The highest BCUT2D eigenvalue weighted by molar-refractivity contribution is 7.71. The minimum atomic E-state index is 0.433. The number of H-pyrrole nitrogens is 1. The summed E-state index contributed by atoms with van der Waals surface area (Å²) < 4.78 is 2.81. The zero-order valence-corrected chi connectivity index (χ0v) is 15.4. The molecule has 0 radical (unpaired) electrons. The van der Waals surface area contributed by atoms with Crippen molar-refractivity contribution in [3.8, 4) is 0 Å². The summed E-state index contributed by atoms with van der Waals surface area (Å²) in [6.45, 7) is 9.01. The molecule has 0 atom stereocenters. The fourth-order valence-electron chi connectivity index (χ4n) is 3.35. The second-order valence-corrected chi connectivity index (χ2v) is 6.49. The zero-order chi connectivity index (χ0) is 17.1. The lowest BCUT2D eigenvalue weighted by atomic mass is 9.96. The van der Waals surface area contributed by atoms with Gasteiger partial charge in [-0.15, -0.1) is 5.10 Å². The van der Waals surface area contributed by atoms with E-state index in [4.69, 9.17) is 17.2 Å². The van der Waals surface area contributed by atoms with Crippen LogP contribution in [0.3, 0.4) is 0 Å². The SMILES string of the molecule is CCc1nnc(N2CCC(c3n[nH]c(=S)n3CC)CC2)nc1CC. The average molecular weight is 347 g/mol. The van der Waals surface area contributed by atoms with Gasteiger partial charge in [0.25, 0.3) is 0 Å². The van der Waals surface area contributed by atoms with Gasteiger partial charge >= 0.3 is 0 Å². The summed E-state index contributed by atoms with van der Waals surface area (Å²) in [7, 11) is 0. The molecule has 0 aliphatic carbocycles. The molecule has 1 saturated heterocycles. The fraction of sp³-hybridized carbons (Fsp3) is 0.688. The molecule has 0 saturated carbocycles. The maximum Gasteiger partial charge on any atom is 0.245 e. The molecule has 8 heteroatoms.